The summed E-state index contributed by atoms with van der Waals surface area (Å²) in [5.41, 5.74) is 0.958. The molecule has 4 rings (SSSR count). The molecular weight excluding hydrogens is 386 g/mol. The van der Waals surface area contributed by atoms with Gasteiger partial charge in [-0.25, -0.2) is 15.0 Å². The van der Waals surface area contributed by atoms with E-state index in [0.717, 1.165) is 5.82 Å². The van der Waals surface area contributed by atoms with E-state index in [9.17, 15) is 4.79 Å². The first kappa shape index (κ1) is 19.1. The molecule has 3 heterocycles. The number of aromatic nitrogens is 6. The number of imidazole rings is 1. The van der Waals surface area contributed by atoms with Gasteiger partial charge in [0.1, 0.15) is 29.3 Å². The van der Waals surface area contributed by atoms with Gasteiger partial charge >= 0.3 is 0 Å². The van der Waals surface area contributed by atoms with Crippen LogP contribution in [-0.2, 0) is 7.05 Å². The molecule has 10 heteroatoms. The molecule has 0 aliphatic rings. The zero-order valence-corrected chi connectivity index (χ0v) is 16.6. The van der Waals surface area contributed by atoms with Gasteiger partial charge in [-0.1, -0.05) is 0 Å². The Morgan fingerprint density at radius 2 is 1.93 bits per heavy atom. The highest BCUT2D eigenvalue weighted by Crippen LogP contribution is 2.23. The summed E-state index contributed by atoms with van der Waals surface area (Å²) in [6, 6.07) is 8.66. The number of aryl methyl sites for hydroxylation is 2. The van der Waals surface area contributed by atoms with E-state index in [4.69, 9.17) is 9.47 Å². The van der Waals surface area contributed by atoms with Crippen LogP contribution < -0.4 is 14.8 Å². The summed E-state index contributed by atoms with van der Waals surface area (Å²) in [7, 11) is 3.19. The average Bonchev–Trinajstić information content (AvgIpc) is 3.35. The predicted octanol–water partition coefficient (Wildman–Crippen LogP) is 2.76. The zero-order chi connectivity index (χ0) is 21.1. The Morgan fingerprint density at radius 1 is 1.13 bits per heavy atom. The van der Waals surface area contributed by atoms with Gasteiger partial charge in [0.05, 0.1) is 7.11 Å². The first-order valence-corrected chi connectivity index (χ1v) is 9.03. The van der Waals surface area contributed by atoms with Gasteiger partial charge in [0.15, 0.2) is 0 Å². The van der Waals surface area contributed by atoms with E-state index < -0.39 is 0 Å². The number of nitrogens with zero attached hydrogens (tertiary/aromatic N) is 6. The van der Waals surface area contributed by atoms with E-state index in [0.29, 0.717) is 28.7 Å². The summed E-state index contributed by atoms with van der Waals surface area (Å²) in [6.07, 6.45) is 6.54. The molecule has 152 valence electrons. The molecule has 0 spiro atoms. The van der Waals surface area contributed by atoms with E-state index in [-0.39, 0.29) is 11.8 Å². The van der Waals surface area contributed by atoms with Crippen molar-refractivity contribution in [2.45, 2.75) is 6.92 Å². The lowest BCUT2D eigenvalue weighted by atomic mass is 10.2. The van der Waals surface area contributed by atoms with Crippen LogP contribution in [0.4, 0.5) is 5.69 Å². The fourth-order valence-electron chi connectivity index (χ4n) is 2.84. The number of hydrogen-bond donors (Lipinski definition) is 1. The number of amides is 1. The number of ether oxygens (including phenoxy) is 2. The van der Waals surface area contributed by atoms with Crippen molar-refractivity contribution in [1.82, 2.24) is 29.3 Å². The Bertz CT molecular complexity index is 1180. The van der Waals surface area contributed by atoms with E-state index in [1.807, 2.05) is 17.7 Å². The van der Waals surface area contributed by atoms with Crippen LogP contribution in [0, 0.1) is 6.92 Å². The molecule has 1 aromatic carbocycles. The first-order valence-electron chi connectivity index (χ1n) is 9.03. The molecule has 0 saturated heterocycles. The number of anilines is 1. The van der Waals surface area contributed by atoms with Crippen LogP contribution in [0.25, 0.3) is 5.82 Å². The van der Waals surface area contributed by atoms with Crippen molar-refractivity contribution < 1.29 is 14.3 Å². The largest absolute Gasteiger partial charge is 0.479 e. The summed E-state index contributed by atoms with van der Waals surface area (Å²) in [5.74, 6) is 2.38. The highest BCUT2D eigenvalue weighted by molar-refractivity contribution is 6.05. The zero-order valence-electron chi connectivity index (χ0n) is 16.6. The van der Waals surface area contributed by atoms with Crippen molar-refractivity contribution in [1.29, 1.82) is 0 Å². The van der Waals surface area contributed by atoms with Crippen LogP contribution in [0.5, 0.6) is 17.5 Å². The highest BCUT2D eigenvalue weighted by Gasteiger charge is 2.16. The number of benzene rings is 1. The van der Waals surface area contributed by atoms with Gasteiger partial charge in [-0.3, -0.25) is 14.0 Å². The van der Waals surface area contributed by atoms with Crippen LogP contribution in [0.2, 0.25) is 0 Å². The second-order valence-electron chi connectivity index (χ2n) is 6.37. The topological polar surface area (TPSA) is 109 Å². The molecule has 4 aromatic rings. The quantitative estimate of drug-likeness (QED) is 0.525. The van der Waals surface area contributed by atoms with Crippen LogP contribution in [0.3, 0.4) is 0 Å². The lowest BCUT2D eigenvalue weighted by molar-refractivity contribution is 0.102. The number of methoxy groups -OCH3 is 1. The maximum absolute atomic E-state index is 12.5. The molecule has 30 heavy (non-hydrogen) atoms. The second-order valence-corrected chi connectivity index (χ2v) is 6.37. The first-order chi connectivity index (χ1) is 14.5. The van der Waals surface area contributed by atoms with Gasteiger partial charge in [0.25, 0.3) is 5.91 Å². The summed E-state index contributed by atoms with van der Waals surface area (Å²) < 4.78 is 14.3. The van der Waals surface area contributed by atoms with E-state index in [1.165, 1.54) is 18.1 Å². The van der Waals surface area contributed by atoms with Crippen molar-refractivity contribution in [2.75, 3.05) is 12.4 Å². The van der Waals surface area contributed by atoms with Crippen molar-refractivity contribution in [3.05, 3.63) is 66.6 Å². The fourth-order valence-corrected chi connectivity index (χ4v) is 2.84. The Labute approximate surface area is 172 Å². The Kier molecular flexibility index (Phi) is 5.12. The van der Waals surface area contributed by atoms with Crippen LogP contribution in [0.15, 0.2) is 55.2 Å². The molecule has 0 fully saturated rings. The molecule has 0 bridgehead atoms. The average molecular weight is 405 g/mol. The molecule has 0 unspecified atom stereocenters. The van der Waals surface area contributed by atoms with Crippen LogP contribution in [-0.4, -0.2) is 42.3 Å². The fraction of sp³-hybridized carbons (Fsp3) is 0.150. The number of rotatable bonds is 6. The van der Waals surface area contributed by atoms with Gasteiger partial charge in [-0.15, -0.1) is 5.10 Å². The van der Waals surface area contributed by atoms with Crippen molar-refractivity contribution in [2.24, 2.45) is 7.05 Å². The summed E-state index contributed by atoms with van der Waals surface area (Å²) in [4.78, 5) is 25.0. The summed E-state index contributed by atoms with van der Waals surface area (Å²) >= 11 is 0. The van der Waals surface area contributed by atoms with Gasteiger partial charge in [0, 0.05) is 37.4 Å². The van der Waals surface area contributed by atoms with Crippen LogP contribution >= 0.6 is 0 Å². The SMILES string of the molecule is COc1nn(C)cc1C(=O)Nc1ccc(Oc2cc(-n3ccnc3C)ncn2)cc1. The normalized spacial score (nSPS) is 10.6. The van der Waals surface area contributed by atoms with Gasteiger partial charge in [0.2, 0.25) is 11.8 Å². The van der Waals surface area contributed by atoms with Gasteiger partial charge in [-0.05, 0) is 31.2 Å². The molecular formula is C20H19N7O3. The lowest BCUT2D eigenvalue weighted by Gasteiger charge is -2.09. The van der Waals surface area contributed by atoms with Crippen molar-refractivity contribution in [3.63, 3.8) is 0 Å². The Balaban J connectivity index is 1.45. The summed E-state index contributed by atoms with van der Waals surface area (Å²) in [5, 5.41) is 6.89. The number of nitrogens with one attached hydrogen (secondary N) is 1. The van der Waals surface area contributed by atoms with E-state index in [2.05, 4.69) is 25.4 Å². The summed E-state index contributed by atoms with van der Waals surface area (Å²) in [6.45, 7) is 1.89. The highest BCUT2D eigenvalue weighted by atomic mass is 16.5. The minimum atomic E-state index is -0.315. The van der Waals surface area contributed by atoms with E-state index in [1.54, 1.807) is 49.8 Å². The third kappa shape index (κ3) is 3.97. The number of hydrogen-bond acceptors (Lipinski definition) is 7. The molecule has 1 amide bonds. The lowest BCUT2D eigenvalue weighted by Crippen LogP contribution is -2.12. The third-order valence-corrected chi connectivity index (χ3v) is 4.27. The minimum absolute atomic E-state index is 0.266. The molecule has 1 N–H and O–H groups in total. The smallest absolute Gasteiger partial charge is 0.262 e. The molecule has 3 aromatic heterocycles. The molecule has 0 saturated carbocycles. The molecule has 0 aliphatic heterocycles. The number of carbonyl (C=O) groups excluding carboxylic acids is 1. The van der Waals surface area contributed by atoms with Gasteiger partial charge < -0.3 is 14.8 Å². The minimum Gasteiger partial charge on any atom is -0.479 e. The molecule has 0 radical (unpaired) electrons. The van der Waals surface area contributed by atoms with E-state index >= 15 is 0 Å². The monoisotopic (exact) mass is 405 g/mol. The Morgan fingerprint density at radius 3 is 2.63 bits per heavy atom. The third-order valence-electron chi connectivity index (χ3n) is 4.27. The van der Waals surface area contributed by atoms with Crippen molar-refractivity contribution in [3.8, 4) is 23.3 Å². The maximum atomic E-state index is 12.5. The molecule has 0 aliphatic carbocycles. The Hall–Kier alpha value is -4.21. The maximum Gasteiger partial charge on any atom is 0.262 e. The molecule has 0 atom stereocenters. The van der Waals surface area contributed by atoms with Crippen molar-refractivity contribution >= 4 is 11.6 Å². The predicted molar refractivity (Wildman–Crippen MR) is 108 cm³/mol. The van der Waals surface area contributed by atoms with Crippen LogP contribution in [0.1, 0.15) is 16.2 Å². The second kappa shape index (κ2) is 8.03. The van der Waals surface area contributed by atoms with Gasteiger partial charge in [-0.2, -0.15) is 0 Å². The number of carbonyl (C=O) groups is 1. The standard InChI is InChI=1S/C20H19N7O3/c1-13-21-8-9-27(13)17-10-18(23-12-22-17)30-15-6-4-14(5-7-15)24-19(28)16-11-26(2)25-20(16)29-3/h4-12H,1-3H3,(H,24,28). The molecule has 10 nitrogen and oxygen atoms in total.